The van der Waals surface area contributed by atoms with E-state index in [1.165, 1.54) is 11.3 Å². The summed E-state index contributed by atoms with van der Waals surface area (Å²) in [5, 5.41) is 10.0. The van der Waals surface area contributed by atoms with Gasteiger partial charge in [0.2, 0.25) is 0 Å². The number of amides is 1. The topological polar surface area (TPSA) is 86.5 Å². The first-order valence-electron chi connectivity index (χ1n) is 6.90. The van der Waals surface area contributed by atoms with E-state index in [0.29, 0.717) is 25.7 Å². The number of carbonyl (C=O) groups excluding carboxylic acids is 1. The highest BCUT2D eigenvalue weighted by molar-refractivity contribution is 7.20. The van der Waals surface area contributed by atoms with Crippen molar-refractivity contribution < 1.29 is 18.7 Å². The quantitative estimate of drug-likeness (QED) is 0.670. The van der Waals surface area contributed by atoms with Gasteiger partial charge in [-0.25, -0.2) is 0 Å². The van der Waals surface area contributed by atoms with Gasteiger partial charge in [-0.05, 0) is 18.2 Å². The molecule has 25 heavy (non-hydrogen) atoms. The summed E-state index contributed by atoms with van der Waals surface area (Å²) in [4.78, 5) is 11.9. The normalized spacial score (nSPS) is 10.5. The molecular weight excluding hydrogens is 389 g/mol. The molecule has 0 aliphatic heterocycles. The third-order valence-corrected chi connectivity index (χ3v) is 4.46. The number of hydrogen-bond donors (Lipinski definition) is 1. The van der Waals surface area contributed by atoms with Gasteiger partial charge in [0.1, 0.15) is 15.8 Å². The summed E-state index contributed by atoms with van der Waals surface area (Å²) in [7, 11) is 1.55. The van der Waals surface area contributed by atoms with Crippen LogP contribution in [0.2, 0.25) is 8.67 Å². The first-order chi connectivity index (χ1) is 12.0. The summed E-state index contributed by atoms with van der Waals surface area (Å²) in [6.45, 7) is -0.226. The molecule has 3 aromatic rings. The molecule has 0 radical (unpaired) electrons. The first kappa shape index (κ1) is 17.5. The fourth-order valence-electron chi connectivity index (χ4n) is 1.86. The maximum Gasteiger partial charge on any atom is 0.322 e. The van der Waals surface area contributed by atoms with Crippen LogP contribution in [-0.4, -0.2) is 29.8 Å². The Labute approximate surface area is 156 Å². The predicted molar refractivity (Wildman–Crippen MR) is 94.7 cm³/mol. The molecule has 0 unspecified atom stereocenters. The van der Waals surface area contributed by atoms with Crippen LogP contribution in [0.3, 0.4) is 0 Å². The van der Waals surface area contributed by atoms with Gasteiger partial charge in [0.25, 0.3) is 11.8 Å². The van der Waals surface area contributed by atoms with Crippen LogP contribution < -0.4 is 14.8 Å². The molecule has 2 aromatic heterocycles. The average molecular weight is 400 g/mol. The lowest BCUT2D eigenvalue weighted by Crippen LogP contribution is -2.20. The van der Waals surface area contributed by atoms with Crippen molar-refractivity contribution in [2.24, 2.45) is 0 Å². The summed E-state index contributed by atoms with van der Waals surface area (Å²) in [5.74, 6) is 0.843. The van der Waals surface area contributed by atoms with Gasteiger partial charge >= 0.3 is 6.01 Å². The Bertz CT molecular complexity index is 897. The van der Waals surface area contributed by atoms with Crippen molar-refractivity contribution in [2.75, 3.05) is 19.0 Å². The minimum Gasteiger partial charge on any atom is -0.497 e. The zero-order valence-electron chi connectivity index (χ0n) is 12.8. The second-order valence-electron chi connectivity index (χ2n) is 4.67. The molecule has 10 heteroatoms. The van der Waals surface area contributed by atoms with Crippen molar-refractivity contribution in [3.63, 3.8) is 0 Å². The molecule has 0 spiro atoms. The molecule has 1 amide bonds. The molecule has 0 aliphatic carbocycles. The van der Waals surface area contributed by atoms with Crippen molar-refractivity contribution in [3.05, 3.63) is 39.0 Å². The summed E-state index contributed by atoms with van der Waals surface area (Å²) < 4.78 is 16.7. The lowest BCUT2D eigenvalue weighted by atomic mass is 10.3. The number of benzene rings is 1. The Morgan fingerprint density at radius 2 is 2.08 bits per heavy atom. The van der Waals surface area contributed by atoms with E-state index < -0.39 is 5.91 Å². The molecule has 2 heterocycles. The number of hydrogen-bond acceptors (Lipinski definition) is 7. The zero-order valence-corrected chi connectivity index (χ0v) is 15.1. The lowest BCUT2D eigenvalue weighted by molar-refractivity contribution is -0.118. The first-order valence-corrected chi connectivity index (χ1v) is 8.48. The van der Waals surface area contributed by atoms with Crippen molar-refractivity contribution in [1.29, 1.82) is 0 Å². The van der Waals surface area contributed by atoms with Gasteiger partial charge in [-0.3, -0.25) is 10.1 Å². The van der Waals surface area contributed by atoms with Crippen LogP contribution in [0.15, 0.2) is 34.7 Å². The summed E-state index contributed by atoms with van der Waals surface area (Å²) >= 11 is 13.1. The minimum absolute atomic E-state index is 0.0624. The van der Waals surface area contributed by atoms with Crippen LogP contribution >= 0.6 is 34.5 Å². The lowest BCUT2D eigenvalue weighted by Gasteiger charge is -2.06. The Kier molecular flexibility index (Phi) is 5.42. The number of halogens is 2. The Morgan fingerprint density at radius 1 is 1.28 bits per heavy atom. The van der Waals surface area contributed by atoms with Gasteiger partial charge in [-0.1, -0.05) is 34.4 Å². The summed E-state index contributed by atoms with van der Waals surface area (Å²) in [6.07, 6.45) is 0. The molecule has 0 saturated heterocycles. The maximum absolute atomic E-state index is 11.9. The molecular formula is C15H11Cl2N3O4S. The van der Waals surface area contributed by atoms with E-state index in [4.69, 9.17) is 37.1 Å². The molecule has 0 aliphatic rings. The standard InChI is InChI=1S/C15H11Cl2N3O4S/c1-22-8-3-2-4-9(5-8)23-7-12(21)18-15-20-19-14(24-15)10-6-11(16)25-13(10)17/h2-6H,7H2,1H3,(H,18,20,21). The van der Waals surface area contributed by atoms with Gasteiger partial charge in [0.05, 0.1) is 17.0 Å². The van der Waals surface area contributed by atoms with Crippen molar-refractivity contribution >= 4 is 46.5 Å². The number of ether oxygens (including phenoxy) is 2. The molecule has 1 aromatic carbocycles. The van der Waals surface area contributed by atoms with Crippen LogP contribution in [-0.2, 0) is 4.79 Å². The van der Waals surface area contributed by atoms with E-state index in [-0.39, 0.29) is 18.5 Å². The van der Waals surface area contributed by atoms with E-state index in [0.717, 1.165) is 0 Å². The largest absolute Gasteiger partial charge is 0.497 e. The van der Waals surface area contributed by atoms with Gasteiger partial charge in [-0.15, -0.1) is 16.4 Å². The molecule has 130 valence electrons. The highest BCUT2D eigenvalue weighted by Crippen LogP contribution is 2.37. The highest BCUT2D eigenvalue weighted by Gasteiger charge is 2.16. The van der Waals surface area contributed by atoms with E-state index in [1.807, 2.05) is 0 Å². The molecule has 0 saturated carbocycles. The van der Waals surface area contributed by atoms with Crippen LogP contribution in [0.4, 0.5) is 6.01 Å². The number of thiophene rings is 1. The minimum atomic E-state index is -0.451. The second-order valence-corrected chi connectivity index (χ2v) is 6.95. The molecule has 0 bridgehead atoms. The third kappa shape index (κ3) is 4.41. The monoisotopic (exact) mass is 399 g/mol. The van der Waals surface area contributed by atoms with Crippen LogP contribution in [0.5, 0.6) is 11.5 Å². The summed E-state index contributed by atoms with van der Waals surface area (Å²) in [5.41, 5.74) is 0.511. The Morgan fingerprint density at radius 3 is 2.80 bits per heavy atom. The molecule has 0 fully saturated rings. The highest BCUT2D eigenvalue weighted by atomic mass is 35.5. The van der Waals surface area contributed by atoms with Crippen molar-refractivity contribution in [1.82, 2.24) is 10.2 Å². The number of anilines is 1. The second kappa shape index (κ2) is 7.73. The molecule has 0 atom stereocenters. The van der Waals surface area contributed by atoms with Crippen LogP contribution in [0.25, 0.3) is 11.5 Å². The van der Waals surface area contributed by atoms with E-state index in [1.54, 1.807) is 37.4 Å². The zero-order chi connectivity index (χ0) is 17.8. The smallest absolute Gasteiger partial charge is 0.322 e. The number of aromatic nitrogens is 2. The van der Waals surface area contributed by atoms with Gasteiger partial charge < -0.3 is 13.9 Å². The SMILES string of the molecule is COc1cccc(OCC(=O)Nc2nnc(-c3cc(Cl)sc3Cl)o2)c1. The Balaban J connectivity index is 1.59. The number of nitrogens with one attached hydrogen (secondary N) is 1. The molecule has 3 rings (SSSR count). The van der Waals surface area contributed by atoms with Gasteiger partial charge in [0, 0.05) is 6.07 Å². The van der Waals surface area contributed by atoms with E-state index in [2.05, 4.69) is 15.5 Å². The Hall–Kier alpha value is -2.29. The predicted octanol–water partition coefficient (Wildman–Crippen LogP) is 4.13. The molecule has 7 nitrogen and oxygen atoms in total. The fraction of sp³-hybridized carbons (Fsp3) is 0.133. The van der Waals surface area contributed by atoms with Gasteiger partial charge in [0.15, 0.2) is 6.61 Å². The van der Waals surface area contributed by atoms with E-state index in [9.17, 15) is 4.79 Å². The maximum atomic E-state index is 11.9. The van der Waals surface area contributed by atoms with Crippen LogP contribution in [0.1, 0.15) is 0 Å². The van der Waals surface area contributed by atoms with E-state index >= 15 is 0 Å². The van der Waals surface area contributed by atoms with Crippen LogP contribution in [0, 0.1) is 0 Å². The summed E-state index contributed by atoms with van der Waals surface area (Å²) in [6, 6.07) is 8.46. The number of methoxy groups -OCH3 is 1. The third-order valence-electron chi connectivity index (χ3n) is 2.97. The number of rotatable bonds is 6. The molecule has 1 N–H and O–H groups in total. The number of carbonyl (C=O) groups is 1. The van der Waals surface area contributed by atoms with Crippen molar-refractivity contribution in [2.45, 2.75) is 0 Å². The number of nitrogens with zero attached hydrogens (tertiary/aromatic N) is 2. The average Bonchev–Trinajstić information content (AvgIpc) is 3.19. The van der Waals surface area contributed by atoms with Crippen molar-refractivity contribution in [3.8, 4) is 23.0 Å². The fourth-order valence-corrected chi connectivity index (χ4v) is 3.31. The van der Waals surface area contributed by atoms with Gasteiger partial charge in [-0.2, -0.15) is 0 Å².